The molecule has 1 aromatic rings. The summed E-state index contributed by atoms with van der Waals surface area (Å²) in [6.45, 7) is 4.18. The largest absolute Gasteiger partial charge is 0.376 e. The quantitative estimate of drug-likeness (QED) is 0.906. The molecule has 1 saturated heterocycles. The van der Waals surface area contributed by atoms with E-state index in [-0.39, 0.29) is 17.5 Å². The number of nitrogens with zero attached hydrogens (tertiary/aromatic N) is 2. The Morgan fingerprint density at radius 2 is 2.38 bits per heavy atom. The van der Waals surface area contributed by atoms with Crippen molar-refractivity contribution in [3.8, 4) is 0 Å². The van der Waals surface area contributed by atoms with Crippen LogP contribution < -0.4 is 5.73 Å². The first-order chi connectivity index (χ1) is 10.0. The number of ether oxygens (including phenoxy) is 1. The van der Waals surface area contributed by atoms with E-state index in [4.69, 9.17) is 10.5 Å². The van der Waals surface area contributed by atoms with E-state index in [1.165, 1.54) is 12.1 Å². The second-order valence-electron chi connectivity index (χ2n) is 5.82. The van der Waals surface area contributed by atoms with Gasteiger partial charge in [0, 0.05) is 17.6 Å². The molecule has 2 heterocycles. The topological polar surface area (TPSA) is 50.8 Å². The van der Waals surface area contributed by atoms with Crippen LogP contribution in [0, 0.1) is 5.82 Å². The molecule has 0 saturated carbocycles. The number of benzene rings is 1. The van der Waals surface area contributed by atoms with Crippen molar-refractivity contribution in [1.29, 1.82) is 0 Å². The number of hydrogen-bond donors (Lipinski definition) is 1. The van der Waals surface area contributed by atoms with Crippen LogP contribution in [-0.4, -0.2) is 36.7 Å². The predicted molar refractivity (Wildman–Crippen MR) is 83.6 cm³/mol. The summed E-state index contributed by atoms with van der Waals surface area (Å²) < 4.78 is 19.8. The fourth-order valence-electron chi connectivity index (χ4n) is 3.10. The zero-order valence-electron chi connectivity index (χ0n) is 12.0. The van der Waals surface area contributed by atoms with Gasteiger partial charge in [-0.25, -0.2) is 4.39 Å². The average molecular weight is 356 g/mol. The normalized spacial score (nSPS) is 29.0. The smallest absolute Gasteiger partial charge is 0.192 e. The van der Waals surface area contributed by atoms with E-state index in [1.54, 1.807) is 6.07 Å². The zero-order chi connectivity index (χ0) is 15.0. The lowest BCUT2D eigenvalue weighted by molar-refractivity contribution is 0.0689. The number of nitrogens with two attached hydrogens (primary N) is 1. The molecule has 114 valence electrons. The average Bonchev–Trinajstić information content (AvgIpc) is 3.03. The molecule has 1 aromatic carbocycles. The van der Waals surface area contributed by atoms with Crippen molar-refractivity contribution in [2.24, 2.45) is 10.7 Å². The summed E-state index contributed by atoms with van der Waals surface area (Å²) in [4.78, 5) is 6.49. The third kappa shape index (κ3) is 2.66. The van der Waals surface area contributed by atoms with Gasteiger partial charge in [0.2, 0.25) is 0 Å². The third-order valence-electron chi connectivity index (χ3n) is 4.34. The van der Waals surface area contributed by atoms with Crippen molar-refractivity contribution in [2.45, 2.75) is 31.4 Å². The van der Waals surface area contributed by atoms with Crippen molar-refractivity contribution < 1.29 is 9.13 Å². The van der Waals surface area contributed by atoms with E-state index in [9.17, 15) is 4.39 Å². The molecule has 0 radical (unpaired) electrons. The van der Waals surface area contributed by atoms with E-state index in [1.807, 2.05) is 0 Å². The van der Waals surface area contributed by atoms with Crippen molar-refractivity contribution in [3.05, 3.63) is 34.1 Å². The Bertz CT molecular complexity index is 574. The monoisotopic (exact) mass is 355 g/mol. The van der Waals surface area contributed by atoms with Crippen LogP contribution in [0.15, 0.2) is 27.7 Å². The van der Waals surface area contributed by atoms with Crippen LogP contribution in [0.4, 0.5) is 4.39 Å². The summed E-state index contributed by atoms with van der Waals surface area (Å²) in [5.41, 5.74) is 6.70. The minimum atomic E-state index is -0.372. The summed E-state index contributed by atoms with van der Waals surface area (Å²) in [7, 11) is 0. The molecule has 2 aliphatic heterocycles. The van der Waals surface area contributed by atoms with Crippen LogP contribution in [0.25, 0.3) is 0 Å². The molecule has 0 spiro atoms. The Kier molecular flexibility index (Phi) is 3.92. The molecular weight excluding hydrogens is 337 g/mol. The molecule has 2 unspecified atom stereocenters. The standard InChI is InChI=1S/C15H19BrFN3O/c1-15(12-5-4-10(17)7-13(12)16)9-19-14(18)20(15)8-11-3-2-6-21-11/h4-5,7,11H,2-3,6,8-9H2,1H3,(H2,18,19). The minimum Gasteiger partial charge on any atom is -0.376 e. The van der Waals surface area contributed by atoms with E-state index in [0.29, 0.717) is 12.5 Å². The Hall–Kier alpha value is -1.14. The zero-order valence-corrected chi connectivity index (χ0v) is 13.6. The number of rotatable bonds is 3. The number of aliphatic imine (C=N–C) groups is 1. The van der Waals surface area contributed by atoms with Crippen molar-refractivity contribution in [1.82, 2.24) is 4.90 Å². The number of guanidine groups is 1. The molecule has 0 aliphatic carbocycles. The van der Waals surface area contributed by atoms with E-state index in [0.717, 1.165) is 36.0 Å². The Morgan fingerprint density at radius 3 is 3.05 bits per heavy atom. The van der Waals surface area contributed by atoms with Crippen molar-refractivity contribution >= 4 is 21.9 Å². The lowest BCUT2D eigenvalue weighted by atomic mass is 9.90. The molecule has 21 heavy (non-hydrogen) atoms. The van der Waals surface area contributed by atoms with Crippen LogP contribution in [-0.2, 0) is 10.3 Å². The van der Waals surface area contributed by atoms with Gasteiger partial charge in [0.25, 0.3) is 0 Å². The second-order valence-corrected chi connectivity index (χ2v) is 6.67. The summed E-state index contributed by atoms with van der Waals surface area (Å²) in [6.07, 6.45) is 2.33. The maximum Gasteiger partial charge on any atom is 0.192 e. The maximum absolute atomic E-state index is 13.3. The van der Waals surface area contributed by atoms with Gasteiger partial charge in [-0.2, -0.15) is 0 Å². The minimum absolute atomic E-state index is 0.190. The van der Waals surface area contributed by atoms with Gasteiger partial charge in [0.15, 0.2) is 5.96 Å². The predicted octanol–water partition coefficient (Wildman–Crippen LogP) is 2.61. The molecule has 1 fully saturated rings. The van der Waals surface area contributed by atoms with Gasteiger partial charge in [-0.1, -0.05) is 22.0 Å². The number of halogens is 2. The molecule has 4 nitrogen and oxygen atoms in total. The van der Waals surface area contributed by atoms with Crippen molar-refractivity contribution in [2.75, 3.05) is 19.7 Å². The summed E-state index contributed by atoms with van der Waals surface area (Å²) in [6, 6.07) is 4.76. The first-order valence-electron chi connectivity index (χ1n) is 7.15. The molecule has 2 aliphatic rings. The molecule has 2 N–H and O–H groups in total. The molecule has 0 aromatic heterocycles. The second kappa shape index (κ2) is 5.57. The third-order valence-corrected chi connectivity index (χ3v) is 5.00. The first-order valence-corrected chi connectivity index (χ1v) is 7.95. The molecule has 2 atom stereocenters. The Morgan fingerprint density at radius 1 is 1.57 bits per heavy atom. The fourth-order valence-corrected chi connectivity index (χ4v) is 3.88. The van der Waals surface area contributed by atoms with E-state index < -0.39 is 0 Å². The fraction of sp³-hybridized carbons (Fsp3) is 0.533. The molecule has 3 rings (SSSR count). The van der Waals surface area contributed by atoms with Gasteiger partial charge in [-0.3, -0.25) is 4.99 Å². The highest BCUT2D eigenvalue weighted by Gasteiger charge is 2.42. The SMILES string of the molecule is CC1(c2ccc(F)cc2Br)CN=C(N)N1CC1CCCO1. The van der Waals surface area contributed by atoms with Gasteiger partial charge in [-0.05, 0) is 37.5 Å². The van der Waals surface area contributed by atoms with E-state index >= 15 is 0 Å². The van der Waals surface area contributed by atoms with Crippen LogP contribution in [0.3, 0.4) is 0 Å². The Labute approximate surface area is 132 Å². The van der Waals surface area contributed by atoms with Gasteiger partial charge in [0.05, 0.1) is 18.2 Å². The molecule has 6 heteroatoms. The van der Waals surface area contributed by atoms with Crippen LogP contribution in [0.5, 0.6) is 0 Å². The van der Waals surface area contributed by atoms with Crippen LogP contribution in [0.2, 0.25) is 0 Å². The summed E-state index contributed by atoms with van der Waals surface area (Å²) in [5, 5.41) is 0. The lowest BCUT2D eigenvalue weighted by Gasteiger charge is -2.38. The number of hydrogen-bond acceptors (Lipinski definition) is 4. The summed E-state index contributed by atoms with van der Waals surface area (Å²) >= 11 is 3.46. The summed E-state index contributed by atoms with van der Waals surface area (Å²) in [5.74, 6) is 0.274. The molecular formula is C15H19BrFN3O. The van der Waals surface area contributed by atoms with Crippen LogP contribution >= 0.6 is 15.9 Å². The Balaban J connectivity index is 1.90. The van der Waals surface area contributed by atoms with Gasteiger partial charge >= 0.3 is 0 Å². The van der Waals surface area contributed by atoms with Gasteiger partial charge < -0.3 is 15.4 Å². The highest BCUT2D eigenvalue weighted by molar-refractivity contribution is 9.10. The molecule has 0 bridgehead atoms. The van der Waals surface area contributed by atoms with E-state index in [2.05, 4.69) is 32.7 Å². The van der Waals surface area contributed by atoms with Gasteiger partial charge in [-0.15, -0.1) is 0 Å². The maximum atomic E-state index is 13.3. The first kappa shape index (κ1) is 14.8. The highest BCUT2D eigenvalue weighted by atomic mass is 79.9. The van der Waals surface area contributed by atoms with Gasteiger partial charge in [0.1, 0.15) is 5.82 Å². The highest BCUT2D eigenvalue weighted by Crippen LogP contribution is 2.37. The van der Waals surface area contributed by atoms with Crippen LogP contribution in [0.1, 0.15) is 25.3 Å². The molecule has 0 amide bonds. The lowest BCUT2D eigenvalue weighted by Crippen LogP contribution is -2.50. The van der Waals surface area contributed by atoms with Crippen molar-refractivity contribution in [3.63, 3.8) is 0 Å².